The summed E-state index contributed by atoms with van der Waals surface area (Å²) in [4.78, 5) is 4.45. The van der Waals surface area contributed by atoms with Gasteiger partial charge in [-0.3, -0.25) is 0 Å². The van der Waals surface area contributed by atoms with Gasteiger partial charge in [0.2, 0.25) is 5.95 Å². The number of aliphatic hydroxyl groups excluding tert-OH is 1. The van der Waals surface area contributed by atoms with E-state index in [0.29, 0.717) is 16.6 Å². The van der Waals surface area contributed by atoms with Gasteiger partial charge in [-0.2, -0.15) is 13.2 Å². The second kappa shape index (κ2) is 8.29. The van der Waals surface area contributed by atoms with Gasteiger partial charge in [-0.25, -0.2) is 4.98 Å². The van der Waals surface area contributed by atoms with E-state index in [1.54, 1.807) is 35.8 Å². The minimum absolute atomic E-state index is 0.0150. The lowest BCUT2D eigenvalue weighted by Crippen LogP contribution is -2.33. The molecule has 2 atom stereocenters. The summed E-state index contributed by atoms with van der Waals surface area (Å²) in [5.74, 6) is -0.0372. The summed E-state index contributed by atoms with van der Waals surface area (Å²) in [6, 6.07) is 11.3. The first-order valence-corrected chi connectivity index (χ1v) is 10.5. The molecule has 1 fully saturated rings. The highest BCUT2D eigenvalue weighted by atomic mass is 19.4. The van der Waals surface area contributed by atoms with Crippen LogP contribution < -0.4 is 10.1 Å². The molecule has 0 aliphatic heterocycles. The zero-order valence-corrected chi connectivity index (χ0v) is 17.9. The smallest absolute Gasteiger partial charge is 0.420 e. The Balaban J connectivity index is 1.69. The van der Waals surface area contributed by atoms with Crippen LogP contribution in [0.4, 0.5) is 19.1 Å². The first-order chi connectivity index (χ1) is 15.1. The standard InChI is InChI=1S/C23H26F3N3O3/c1-22(31,14-7-4-3-5-8-14)13-20(30)28-21-27-17-12-19(32-2)16(23(24,25)26)11-18(17)29(21)15-9-6-10-15/h3-5,7-8,11-12,15,20,30-31H,6,9-10,13H2,1-2H3,(H,27,28). The second-order valence-corrected chi connectivity index (χ2v) is 8.43. The number of rotatable bonds is 7. The highest BCUT2D eigenvalue weighted by Gasteiger charge is 2.36. The molecule has 6 nitrogen and oxygen atoms in total. The number of halogens is 3. The molecule has 1 aliphatic rings. The van der Waals surface area contributed by atoms with Gasteiger partial charge in [0.25, 0.3) is 0 Å². The summed E-state index contributed by atoms with van der Waals surface area (Å²) in [5.41, 5.74) is -0.869. The van der Waals surface area contributed by atoms with Crippen LogP contribution in [0.1, 0.15) is 49.8 Å². The number of imidazole rings is 1. The molecule has 0 spiro atoms. The molecule has 0 bridgehead atoms. The molecule has 2 unspecified atom stereocenters. The average Bonchev–Trinajstić information content (AvgIpc) is 3.02. The second-order valence-electron chi connectivity index (χ2n) is 8.43. The molecule has 0 amide bonds. The molecule has 4 rings (SSSR count). The predicted molar refractivity (Wildman–Crippen MR) is 114 cm³/mol. The molecule has 2 aromatic carbocycles. The lowest BCUT2D eigenvalue weighted by Gasteiger charge is -2.31. The number of nitrogens with zero attached hydrogens (tertiary/aromatic N) is 2. The van der Waals surface area contributed by atoms with Gasteiger partial charge in [0.1, 0.15) is 12.0 Å². The molecular weight excluding hydrogens is 423 g/mol. The van der Waals surface area contributed by atoms with E-state index in [0.717, 1.165) is 25.3 Å². The number of aliphatic hydroxyl groups is 2. The van der Waals surface area contributed by atoms with Gasteiger partial charge in [-0.05, 0) is 37.8 Å². The maximum Gasteiger partial charge on any atom is 0.420 e. The van der Waals surface area contributed by atoms with Gasteiger partial charge in [0.05, 0.1) is 29.3 Å². The van der Waals surface area contributed by atoms with E-state index in [9.17, 15) is 23.4 Å². The third-order valence-electron chi connectivity index (χ3n) is 6.04. The topological polar surface area (TPSA) is 79.5 Å². The molecule has 3 aromatic rings. The van der Waals surface area contributed by atoms with Gasteiger partial charge < -0.3 is 24.8 Å². The molecule has 1 aliphatic carbocycles. The third kappa shape index (κ3) is 4.27. The lowest BCUT2D eigenvalue weighted by atomic mass is 9.92. The quantitative estimate of drug-likeness (QED) is 0.451. The van der Waals surface area contributed by atoms with Crippen LogP contribution in [0.15, 0.2) is 42.5 Å². The van der Waals surface area contributed by atoms with Crippen molar-refractivity contribution in [1.82, 2.24) is 9.55 Å². The Morgan fingerprint density at radius 3 is 2.47 bits per heavy atom. The number of ether oxygens (including phenoxy) is 1. The Bertz CT molecular complexity index is 1090. The number of anilines is 1. The fourth-order valence-electron chi connectivity index (χ4n) is 4.12. The molecule has 3 N–H and O–H groups in total. The number of aromatic nitrogens is 2. The summed E-state index contributed by atoms with van der Waals surface area (Å²) in [7, 11) is 1.19. The Labute approximate surface area is 183 Å². The average molecular weight is 449 g/mol. The molecule has 172 valence electrons. The summed E-state index contributed by atoms with van der Waals surface area (Å²) in [5, 5.41) is 24.4. The first-order valence-electron chi connectivity index (χ1n) is 10.5. The van der Waals surface area contributed by atoms with Crippen LogP contribution in [-0.4, -0.2) is 33.1 Å². The van der Waals surface area contributed by atoms with E-state index in [1.807, 2.05) is 6.07 Å². The number of methoxy groups -OCH3 is 1. The molecule has 1 aromatic heterocycles. The molecule has 9 heteroatoms. The van der Waals surface area contributed by atoms with Crippen molar-refractivity contribution in [2.75, 3.05) is 12.4 Å². The Hall–Kier alpha value is -2.78. The Morgan fingerprint density at radius 2 is 1.91 bits per heavy atom. The zero-order valence-electron chi connectivity index (χ0n) is 17.9. The number of alkyl halides is 3. The van der Waals surface area contributed by atoms with Gasteiger partial charge in [0, 0.05) is 18.5 Å². The van der Waals surface area contributed by atoms with E-state index in [2.05, 4.69) is 10.3 Å². The van der Waals surface area contributed by atoms with E-state index in [1.165, 1.54) is 13.2 Å². The number of hydrogen-bond acceptors (Lipinski definition) is 5. The van der Waals surface area contributed by atoms with Crippen LogP contribution in [0.5, 0.6) is 5.75 Å². The third-order valence-corrected chi connectivity index (χ3v) is 6.04. The van der Waals surface area contributed by atoms with Crippen LogP contribution in [0.25, 0.3) is 11.0 Å². The molecule has 32 heavy (non-hydrogen) atoms. The van der Waals surface area contributed by atoms with Crippen molar-refractivity contribution in [3.63, 3.8) is 0 Å². The highest BCUT2D eigenvalue weighted by molar-refractivity contribution is 5.82. The van der Waals surface area contributed by atoms with Crippen molar-refractivity contribution in [2.24, 2.45) is 0 Å². The predicted octanol–water partition coefficient (Wildman–Crippen LogP) is 4.82. The largest absolute Gasteiger partial charge is 0.496 e. The molecule has 1 heterocycles. The van der Waals surface area contributed by atoms with E-state index < -0.39 is 23.6 Å². The van der Waals surface area contributed by atoms with Crippen LogP contribution in [0.3, 0.4) is 0 Å². The zero-order chi connectivity index (χ0) is 23.1. The van der Waals surface area contributed by atoms with Crippen molar-refractivity contribution in [3.05, 3.63) is 53.6 Å². The van der Waals surface area contributed by atoms with Gasteiger partial charge in [-0.15, -0.1) is 0 Å². The summed E-state index contributed by atoms with van der Waals surface area (Å²) in [6.07, 6.45) is -3.20. The van der Waals surface area contributed by atoms with Gasteiger partial charge in [-0.1, -0.05) is 30.3 Å². The van der Waals surface area contributed by atoms with Crippen molar-refractivity contribution < 1.29 is 28.1 Å². The lowest BCUT2D eigenvalue weighted by molar-refractivity contribution is -0.138. The fourth-order valence-corrected chi connectivity index (χ4v) is 4.12. The van der Waals surface area contributed by atoms with E-state index in [4.69, 9.17) is 4.74 Å². The number of fused-ring (bicyclic) bond motifs is 1. The fraction of sp³-hybridized carbons (Fsp3) is 0.435. The minimum Gasteiger partial charge on any atom is -0.496 e. The SMILES string of the molecule is COc1cc2nc(NC(O)CC(C)(O)c3ccccc3)n(C3CCC3)c2cc1C(F)(F)F. The summed E-state index contributed by atoms with van der Waals surface area (Å²) >= 11 is 0. The van der Waals surface area contributed by atoms with Gasteiger partial charge >= 0.3 is 6.18 Å². The van der Waals surface area contributed by atoms with Crippen molar-refractivity contribution in [3.8, 4) is 5.75 Å². The van der Waals surface area contributed by atoms with Crippen molar-refractivity contribution in [2.45, 2.75) is 56.7 Å². The number of nitrogens with one attached hydrogen (secondary N) is 1. The monoisotopic (exact) mass is 449 g/mol. The maximum absolute atomic E-state index is 13.6. The first kappa shape index (κ1) is 22.4. The van der Waals surface area contributed by atoms with Crippen LogP contribution in [-0.2, 0) is 11.8 Å². The van der Waals surface area contributed by atoms with Crippen LogP contribution in [0.2, 0.25) is 0 Å². The summed E-state index contributed by atoms with van der Waals surface area (Å²) in [6.45, 7) is 1.60. The van der Waals surface area contributed by atoms with Crippen LogP contribution in [0, 0.1) is 0 Å². The number of benzene rings is 2. The van der Waals surface area contributed by atoms with Crippen LogP contribution >= 0.6 is 0 Å². The molecule has 0 radical (unpaired) electrons. The molecule has 0 saturated heterocycles. The van der Waals surface area contributed by atoms with Crippen molar-refractivity contribution >= 4 is 17.0 Å². The minimum atomic E-state index is -4.57. The molecule has 1 saturated carbocycles. The van der Waals surface area contributed by atoms with Gasteiger partial charge in [0.15, 0.2) is 0 Å². The number of hydrogen-bond donors (Lipinski definition) is 3. The van der Waals surface area contributed by atoms with E-state index in [-0.39, 0.29) is 24.2 Å². The molecular formula is C23H26F3N3O3. The maximum atomic E-state index is 13.6. The normalized spacial score (nSPS) is 17.6. The van der Waals surface area contributed by atoms with Crippen molar-refractivity contribution in [1.29, 1.82) is 0 Å². The Morgan fingerprint density at radius 1 is 1.22 bits per heavy atom. The van der Waals surface area contributed by atoms with E-state index >= 15 is 0 Å². The highest BCUT2D eigenvalue weighted by Crippen LogP contribution is 2.42. The Kier molecular flexibility index (Phi) is 5.81. The summed E-state index contributed by atoms with van der Waals surface area (Å²) < 4.78 is 47.4.